The summed E-state index contributed by atoms with van der Waals surface area (Å²) in [6.07, 6.45) is 5.02. The number of fused-ring (bicyclic) bond motifs is 1. The smallest absolute Gasteiger partial charge is 0.122 e. The second-order valence-electron chi connectivity index (χ2n) is 5.50. The lowest BCUT2D eigenvalue weighted by Gasteiger charge is -2.29. The van der Waals surface area contributed by atoms with Gasteiger partial charge in [0.05, 0.1) is 6.54 Å². The fourth-order valence-corrected chi connectivity index (χ4v) is 3.13. The first-order valence-electron chi connectivity index (χ1n) is 7.41. The molecule has 0 saturated heterocycles. The van der Waals surface area contributed by atoms with Gasteiger partial charge in [-0.15, -0.1) is 0 Å². The van der Waals surface area contributed by atoms with Crippen LogP contribution >= 0.6 is 11.6 Å². The quantitative estimate of drug-likeness (QED) is 0.922. The first kappa shape index (κ1) is 14.6. The van der Waals surface area contributed by atoms with Gasteiger partial charge in [0, 0.05) is 43.1 Å². The molecule has 0 spiro atoms. The number of hydrogen-bond acceptors (Lipinski definition) is 3. The lowest BCUT2D eigenvalue weighted by molar-refractivity contribution is 0.207. The van der Waals surface area contributed by atoms with Crippen LogP contribution in [0.15, 0.2) is 36.7 Å². The Labute approximate surface area is 130 Å². The average molecular weight is 305 g/mol. The number of benzene rings is 1. The van der Waals surface area contributed by atoms with E-state index in [-0.39, 0.29) is 0 Å². The number of halogens is 1. The zero-order valence-electron chi connectivity index (χ0n) is 12.3. The molecule has 1 unspecified atom stereocenters. The molecule has 1 atom stereocenters. The van der Waals surface area contributed by atoms with Gasteiger partial charge in [0.1, 0.15) is 5.82 Å². The van der Waals surface area contributed by atoms with E-state index >= 15 is 0 Å². The van der Waals surface area contributed by atoms with Crippen molar-refractivity contribution in [1.82, 2.24) is 19.8 Å². The number of hydrogen-bond donors (Lipinski definition) is 1. The Hall–Kier alpha value is -1.36. The lowest BCUT2D eigenvalue weighted by atomic mass is 10.0. The first-order chi connectivity index (χ1) is 10.3. The number of rotatable bonds is 5. The molecule has 0 amide bonds. The Bertz CT molecular complexity index is 595. The van der Waals surface area contributed by atoms with Crippen LogP contribution in [0.4, 0.5) is 0 Å². The van der Waals surface area contributed by atoms with E-state index in [0.29, 0.717) is 6.04 Å². The summed E-state index contributed by atoms with van der Waals surface area (Å²) in [6, 6.07) is 8.45. The van der Waals surface area contributed by atoms with Crippen molar-refractivity contribution >= 4 is 11.6 Å². The molecule has 1 aromatic heterocycles. The van der Waals surface area contributed by atoms with Crippen molar-refractivity contribution in [1.29, 1.82) is 0 Å². The van der Waals surface area contributed by atoms with Gasteiger partial charge in [-0.2, -0.15) is 0 Å². The van der Waals surface area contributed by atoms with Crippen LogP contribution in [0.1, 0.15) is 23.9 Å². The fourth-order valence-electron chi connectivity index (χ4n) is 2.93. The van der Waals surface area contributed by atoms with Crippen molar-refractivity contribution in [2.45, 2.75) is 25.6 Å². The van der Waals surface area contributed by atoms with Crippen molar-refractivity contribution in [3.63, 3.8) is 0 Å². The fraction of sp³-hybridized carbons (Fsp3) is 0.438. The summed E-state index contributed by atoms with van der Waals surface area (Å²) in [6.45, 7) is 4.13. The number of imidazole rings is 1. The third-order valence-electron chi connectivity index (χ3n) is 4.16. The van der Waals surface area contributed by atoms with Gasteiger partial charge in [0.2, 0.25) is 0 Å². The highest BCUT2D eigenvalue weighted by atomic mass is 35.5. The molecule has 0 saturated carbocycles. The van der Waals surface area contributed by atoms with Gasteiger partial charge in [-0.25, -0.2) is 4.98 Å². The van der Waals surface area contributed by atoms with Crippen LogP contribution in [0.5, 0.6) is 0 Å². The average Bonchev–Trinajstić information content (AvgIpc) is 2.95. The van der Waals surface area contributed by atoms with E-state index in [1.54, 1.807) is 0 Å². The standard InChI is InChI=1S/C16H21ClN4/c1-18-15(13-3-2-4-14(17)11-13)5-7-20-9-10-21-8-6-19-16(21)12-20/h2-4,6,8,11,15,18H,5,7,9-10,12H2,1H3. The minimum atomic E-state index is 0.338. The Kier molecular flexibility index (Phi) is 4.58. The van der Waals surface area contributed by atoms with Gasteiger partial charge in [0.15, 0.2) is 0 Å². The summed E-state index contributed by atoms with van der Waals surface area (Å²) in [5, 5.41) is 4.19. The molecule has 1 aliphatic heterocycles. The third kappa shape index (κ3) is 3.46. The third-order valence-corrected chi connectivity index (χ3v) is 4.39. The van der Waals surface area contributed by atoms with Crippen LogP contribution in [-0.4, -0.2) is 34.6 Å². The van der Waals surface area contributed by atoms with Crippen LogP contribution in [0.2, 0.25) is 5.02 Å². The molecule has 1 N–H and O–H groups in total. The van der Waals surface area contributed by atoms with E-state index in [2.05, 4.69) is 32.0 Å². The van der Waals surface area contributed by atoms with E-state index in [4.69, 9.17) is 11.6 Å². The molecule has 0 fully saturated rings. The molecule has 0 aliphatic carbocycles. The molecule has 0 bridgehead atoms. The SMILES string of the molecule is CNC(CCN1CCn2ccnc2C1)c1cccc(Cl)c1. The predicted molar refractivity (Wildman–Crippen MR) is 85.4 cm³/mol. The van der Waals surface area contributed by atoms with E-state index in [0.717, 1.165) is 37.6 Å². The summed E-state index contributed by atoms with van der Waals surface area (Å²) < 4.78 is 2.24. The van der Waals surface area contributed by atoms with Gasteiger partial charge in [0.25, 0.3) is 0 Å². The van der Waals surface area contributed by atoms with Crippen LogP contribution in [0, 0.1) is 0 Å². The Morgan fingerprint density at radius 1 is 1.38 bits per heavy atom. The first-order valence-corrected chi connectivity index (χ1v) is 7.79. The number of aromatic nitrogens is 2. The summed E-state index contributed by atoms with van der Waals surface area (Å²) >= 11 is 6.09. The highest BCUT2D eigenvalue weighted by molar-refractivity contribution is 6.30. The maximum Gasteiger partial charge on any atom is 0.122 e. The van der Waals surface area contributed by atoms with E-state index in [9.17, 15) is 0 Å². The summed E-state index contributed by atoms with van der Waals surface area (Å²) in [7, 11) is 2.01. The molecular formula is C16H21ClN4. The maximum atomic E-state index is 6.09. The van der Waals surface area contributed by atoms with E-state index in [1.807, 2.05) is 31.4 Å². The molecule has 1 aromatic carbocycles. The predicted octanol–water partition coefficient (Wildman–Crippen LogP) is 2.70. The molecular weight excluding hydrogens is 284 g/mol. The summed E-state index contributed by atoms with van der Waals surface area (Å²) in [4.78, 5) is 6.88. The molecule has 4 nitrogen and oxygen atoms in total. The molecule has 112 valence electrons. The molecule has 5 heteroatoms. The number of nitrogens with zero attached hydrogens (tertiary/aromatic N) is 3. The summed E-state index contributed by atoms with van der Waals surface area (Å²) in [5.74, 6) is 1.17. The Morgan fingerprint density at radius 2 is 2.29 bits per heavy atom. The van der Waals surface area contributed by atoms with Gasteiger partial charge < -0.3 is 9.88 Å². The molecule has 3 rings (SSSR count). The monoisotopic (exact) mass is 304 g/mol. The Morgan fingerprint density at radius 3 is 3.10 bits per heavy atom. The van der Waals surface area contributed by atoms with E-state index in [1.165, 1.54) is 11.4 Å². The Balaban J connectivity index is 1.59. The van der Waals surface area contributed by atoms with E-state index < -0.39 is 0 Å². The largest absolute Gasteiger partial charge is 0.333 e. The van der Waals surface area contributed by atoms with Gasteiger partial charge in [-0.05, 0) is 31.2 Å². The second kappa shape index (κ2) is 6.60. The highest BCUT2D eigenvalue weighted by Gasteiger charge is 2.18. The minimum absolute atomic E-state index is 0.338. The zero-order chi connectivity index (χ0) is 14.7. The van der Waals surface area contributed by atoms with Crippen molar-refractivity contribution in [3.8, 4) is 0 Å². The highest BCUT2D eigenvalue weighted by Crippen LogP contribution is 2.21. The molecule has 1 aliphatic rings. The van der Waals surface area contributed by atoms with Crippen molar-refractivity contribution in [2.24, 2.45) is 0 Å². The molecule has 0 radical (unpaired) electrons. The topological polar surface area (TPSA) is 33.1 Å². The van der Waals surface area contributed by atoms with Gasteiger partial charge >= 0.3 is 0 Å². The van der Waals surface area contributed by atoms with Crippen LogP contribution in [0.25, 0.3) is 0 Å². The maximum absolute atomic E-state index is 6.09. The van der Waals surface area contributed by atoms with Crippen molar-refractivity contribution < 1.29 is 0 Å². The van der Waals surface area contributed by atoms with Crippen LogP contribution in [-0.2, 0) is 13.1 Å². The summed E-state index contributed by atoms with van der Waals surface area (Å²) in [5.41, 5.74) is 1.25. The number of nitrogens with one attached hydrogen (secondary N) is 1. The second-order valence-corrected chi connectivity index (χ2v) is 5.93. The van der Waals surface area contributed by atoms with Gasteiger partial charge in [-0.3, -0.25) is 4.90 Å². The minimum Gasteiger partial charge on any atom is -0.333 e. The van der Waals surface area contributed by atoms with Crippen molar-refractivity contribution in [2.75, 3.05) is 20.1 Å². The normalized spacial score (nSPS) is 16.7. The van der Waals surface area contributed by atoms with Crippen LogP contribution in [0.3, 0.4) is 0 Å². The molecule has 2 heterocycles. The van der Waals surface area contributed by atoms with Crippen LogP contribution < -0.4 is 5.32 Å². The van der Waals surface area contributed by atoms with Gasteiger partial charge in [-0.1, -0.05) is 23.7 Å². The zero-order valence-corrected chi connectivity index (χ0v) is 13.1. The molecule has 21 heavy (non-hydrogen) atoms. The lowest BCUT2D eigenvalue weighted by Crippen LogP contribution is -2.35. The molecule has 2 aromatic rings. The van der Waals surface area contributed by atoms with Crippen molar-refractivity contribution in [3.05, 3.63) is 53.1 Å².